The molecule has 33 heavy (non-hydrogen) atoms. The first-order valence-electron chi connectivity index (χ1n) is 9.77. The molecule has 0 aromatic heterocycles. The first-order chi connectivity index (χ1) is 15.5. The number of sulfonamides is 1. The van der Waals surface area contributed by atoms with E-state index in [0.717, 1.165) is 16.4 Å². The number of carbonyl (C=O) groups excluding carboxylic acids is 1. The second-order valence-electron chi connectivity index (χ2n) is 7.23. The third kappa shape index (κ3) is 5.20. The first kappa shape index (κ1) is 23.6. The Morgan fingerprint density at radius 1 is 1.06 bits per heavy atom. The minimum absolute atomic E-state index is 0.0192. The van der Waals surface area contributed by atoms with Crippen molar-refractivity contribution in [3.8, 4) is 17.2 Å². The van der Waals surface area contributed by atoms with Crippen LogP contribution in [0.2, 0.25) is 0 Å². The molecule has 0 radical (unpaired) electrons. The molecule has 8 nitrogen and oxygen atoms in total. The topological polar surface area (TPSA) is 85.4 Å². The van der Waals surface area contributed by atoms with Crippen molar-refractivity contribution in [2.45, 2.75) is 17.4 Å². The molecule has 0 N–H and O–H groups in total. The highest BCUT2D eigenvalue weighted by atomic mass is 79.9. The van der Waals surface area contributed by atoms with E-state index in [4.69, 9.17) is 9.47 Å². The molecule has 1 amide bonds. The van der Waals surface area contributed by atoms with Crippen LogP contribution < -0.4 is 14.2 Å². The molecular formula is C20H18BrF3N2O6S. The van der Waals surface area contributed by atoms with Crippen molar-refractivity contribution in [2.24, 2.45) is 0 Å². The molecule has 0 saturated carbocycles. The number of carbonyl (C=O) groups is 1. The Labute approximate surface area is 196 Å². The second kappa shape index (κ2) is 9.03. The van der Waals surface area contributed by atoms with Crippen molar-refractivity contribution in [1.82, 2.24) is 9.21 Å². The molecule has 1 saturated heterocycles. The number of ether oxygens (including phenoxy) is 3. The van der Waals surface area contributed by atoms with E-state index in [1.54, 1.807) is 24.3 Å². The molecule has 2 aromatic carbocycles. The van der Waals surface area contributed by atoms with Crippen molar-refractivity contribution in [3.05, 3.63) is 46.9 Å². The number of halogens is 4. The number of piperazine rings is 1. The molecule has 2 aliphatic rings. The monoisotopic (exact) mass is 550 g/mol. The summed E-state index contributed by atoms with van der Waals surface area (Å²) >= 11 is 3.02. The molecule has 13 heteroatoms. The van der Waals surface area contributed by atoms with Gasteiger partial charge in [-0.2, -0.15) is 4.31 Å². The highest BCUT2D eigenvalue weighted by molar-refractivity contribution is 9.10. The average molecular weight is 551 g/mol. The standard InChI is InChI=1S/C20H18BrF3N2O6S/c21-13-5-6-18(16(11-13)32-20(22,23)24)33(28,29)26-9-7-25(8-10-26)19(27)17-12-30-14-3-1-2-4-15(14)31-17/h1-6,11,17H,7-10,12H2. The minimum atomic E-state index is -5.06. The molecule has 4 rings (SSSR count). The smallest absolute Gasteiger partial charge is 0.485 e. The predicted octanol–water partition coefficient (Wildman–Crippen LogP) is 3.02. The highest BCUT2D eigenvalue weighted by Gasteiger charge is 2.38. The van der Waals surface area contributed by atoms with E-state index in [1.807, 2.05) is 0 Å². The maximum absolute atomic E-state index is 13.0. The van der Waals surface area contributed by atoms with Gasteiger partial charge in [-0.15, -0.1) is 13.2 Å². The van der Waals surface area contributed by atoms with Crippen molar-refractivity contribution in [2.75, 3.05) is 32.8 Å². The molecule has 1 unspecified atom stereocenters. The molecule has 0 spiro atoms. The largest absolute Gasteiger partial charge is 0.573 e. The fraction of sp³-hybridized carbons (Fsp3) is 0.350. The minimum Gasteiger partial charge on any atom is -0.485 e. The van der Waals surface area contributed by atoms with Crippen LogP contribution in [-0.2, 0) is 14.8 Å². The van der Waals surface area contributed by atoms with Crippen LogP contribution in [0, 0.1) is 0 Å². The Hall–Kier alpha value is -2.51. The normalized spacial score (nSPS) is 19.3. The maximum atomic E-state index is 13.0. The van der Waals surface area contributed by atoms with E-state index in [-0.39, 0.29) is 43.2 Å². The molecule has 0 aliphatic carbocycles. The van der Waals surface area contributed by atoms with Gasteiger partial charge in [-0.1, -0.05) is 28.1 Å². The fourth-order valence-electron chi connectivity index (χ4n) is 3.53. The quantitative estimate of drug-likeness (QED) is 0.581. The van der Waals surface area contributed by atoms with E-state index in [0.29, 0.717) is 11.5 Å². The van der Waals surface area contributed by atoms with Gasteiger partial charge >= 0.3 is 6.36 Å². The third-order valence-corrected chi connectivity index (χ3v) is 7.51. The van der Waals surface area contributed by atoms with Gasteiger partial charge in [0.15, 0.2) is 17.2 Å². The van der Waals surface area contributed by atoms with Gasteiger partial charge in [-0.3, -0.25) is 4.79 Å². The van der Waals surface area contributed by atoms with Gasteiger partial charge in [-0.05, 0) is 30.3 Å². The number of alkyl halides is 3. The summed E-state index contributed by atoms with van der Waals surface area (Å²) in [6, 6.07) is 10.2. The van der Waals surface area contributed by atoms with Gasteiger partial charge in [0.2, 0.25) is 16.1 Å². The number of hydrogen-bond acceptors (Lipinski definition) is 6. The summed E-state index contributed by atoms with van der Waals surface area (Å²) in [7, 11) is -4.30. The van der Waals surface area contributed by atoms with E-state index >= 15 is 0 Å². The van der Waals surface area contributed by atoms with Crippen LogP contribution in [0.15, 0.2) is 51.8 Å². The number of benzene rings is 2. The number of hydrogen-bond donors (Lipinski definition) is 0. The molecular weight excluding hydrogens is 533 g/mol. The third-order valence-electron chi connectivity index (χ3n) is 5.08. The van der Waals surface area contributed by atoms with E-state index in [2.05, 4.69) is 20.7 Å². The van der Waals surface area contributed by atoms with Gasteiger partial charge < -0.3 is 19.1 Å². The fourth-order valence-corrected chi connectivity index (χ4v) is 5.39. The molecule has 2 aliphatic heterocycles. The lowest BCUT2D eigenvalue weighted by Gasteiger charge is -2.36. The Bertz CT molecular complexity index is 1150. The highest BCUT2D eigenvalue weighted by Crippen LogP contribution is 2.35. The summed E-state index contributed by atoms with van der Waals surface area (Å²) in [5.74, 6) is -0.215. The Morgan fingerprint density at radius 2 is 1.73 bits per heavy atom. The summed E-state index contributed by atoms with van der Waals surface area (Å²) in [6.07, 6.45) is -5.93. The Morgan fingerprint density at radius 3 is 2.39 bits per heavy atom. The van der Waals surface area contributed by atoms with Crippen LogP contribution in [0.1, 0.15) is 0 Å². The van der Waals surface area contributed by atoms with Crippen LogP contribution in [-0.4, -0.2) is 68.8 Å². The maximum Gasteiger partial charge on any atom is 0.573 e. The summed E-state index contributed by atoms with van der Waals surface area (Å²) in [6.45, 7) is -0.0813. The van der Waals surface area contributed by atoms with Crippen molar-refractivity contribution < 1.29 is 40.6 Å². The summed E-state index contributed by atoms with van der Waals surface area (Å²) in [5.41, 5.74) is 0. The van der Waals surface area contributed by atoms with Gasteiger partial charge in [0, 0.05) is 30.7 Å². The SMILES string of the molecule is O=C(C1COc2ccccc2O1)N1CCN(S(=O)(=O)c2ccc(Br)cc2OC(F)(F)F)CC1. The zero-order valence-corrected chi connectivity index (χ0v) is 19.3. The number of nitrogens with zero attached hydrogens (tertiary/aromatic N) is 2. The second-order valence-corrected chi connectivity index (χ2v) is 10.1. The van der Waals surface area contributed by atoms with E-state index in [9.17, 15) is 26.4 Å². The van der Waals surface area contributed by atoms with E-state index in [1.165, 1.54) is 11.0 Å². The summed E-state index contributed by atoms with van der Waals surface area (Å²) in [5, 5.41) is 0. The zero-order valence-electron chi connectivity index (χ0n) is 16.9. The summed E-state index contributed by atoms with van der Waals surface area (Å²) < 4.78 is 80.9. The zero-order chi connectivity index (χ0) is 23.8. The van der Waals surface area contributed by atoms with Crippen molar-refractivity contribution in [1.29, 1.82) is 0 Å². The van der Waals surface area contributed by atoms with Gasteiger partial charge in [0.1, 0.15) is 11.5 Å². The lowest BCUT2D eigenvalue weighted by Crippen LogP contribution is -2.55. The molecule has 1 fully saturated rings. The average Bonchev–Trinajstić information content (AvgIpc) is 2.77. The lowest BCUT2D eigenvalue weighted by atomic mass is 10.2. The predicted molar refractivity (Wildman–Crippen MR) is 113 cm³/mol. The molecule has 178 valence electrons. The van der Waals surface area contributed by atoms with Crippen LogP contribution in [0.3, 0.4) is 0 Å². The summed E-state index contributed by atoms with van der Waals surface area (Å²) in [4.78, 5) is 13.7. The van der Waals surface area contributed by atoms with Gasteiger partial charge in [0.05, 0.1) is 0 Å². The van der Waals surface area contributed by atoms with Crippen LogP contribution >= 0.6 is 15.9 Å². The van der Waals surface area contributed by atoms with E-state index < -0.39 is 33.1 Å². The van der Waals surface area contributed by atoms with Crippen LogP contribution in [0.25, 0.3) is 0 Å². The van der Waals surface area contributed by atoms with Crippen molar-refractivity contribution in [3.63, 3.8) is 0 Å². The molecule has 2 heterocycles. The Kier molecular flexibility index (Phi) is 6.47. The van der Waals surface area contributed by atoms with Gasteiger partial charge in [0.25, 0.3) is 5.91 Å². The van der Waals surface area contributed by atoms with Crippen LogP contribution in [0.4, 0.5) is 13.2 Å². The van der Waals surface area contributed by atoms with Crippen LogP contribution in [0.5, 0.6) is 17.2 Å². The number of rotatable bonds is 4. The molecule has 2 aromatic rings. The van der Waals surface area contributed by atoms with Crippen molar-refractivity contribution >= 4 is 31.9 Å². The number of para-hydroxylation sites is 2. The molecule has 0 bridgehead atoms. The van der Waals surface area contributed by atoms with Gasteiger partial charge in [-0.25, -0.2) is 8.42 Å². The lowest BCUT2D eigenvalue weighted by molar-refractivity contribution is -0.275. The number of amides is 1. The first-order valence-corrected chi connectivity index (χ1v) is 12.0. The number of fused-ring (bicyclic) bond motifs is 1. The molecule has 1 atom stereocenters. The Balaban J connectivity index is 1.44.